The lowest BCUT2D eigenvalue weighted by Crippen LogP contribution is -2.47. The Morgan fingerprint density at radius 3 is 2.72 bits per heavy atom. The average Bonchev–Trinajstić information content (AvgIpc) is 3.41. The maximum absolute atomic E-state index is 13.6. The molecule has 4 rings (SSSR count). The molecule has 1 amide bonds. The third-order valence-electron chi connectivity index (χ3n) is 6.90. The van der Waals surface area contributed by atoms with Gasteiger partial charge in [-0.15, -0.1) is 0 Å². The maximum Gasteiger partial charge on any atom is 0.225 e. The average molecular weight is 401 g/mol. The highest BCUT2D eigenvalue weighted by molar-refractivity contribution is 5.81. The molecule has 1 saturated heterocycles. The molecule has 158 valence electrons. The minimum absolute atomic E-state index is 0.0123. The van der Waals surface area contributed by atoms with E-state index in [0.29, 0.717) is 5.91 Å². The molecule has 2 saturated carbocycles. The quantitative estimate of drug-likeness (QED) is 0.590. The van der Waals surface area contributed by atoms with Gasteiger partial charge in [0.2, 0.25) is 5.91 Å². The molecule has 0 aromatic heterocycles. The summed E-state index contributed by atoms with van der Waals surface area (Å²) in [5.41, 5.74) is 1.07. The van der Waals surface area contributed by atoms with E-state index in [-0.39, 0.29) is 23.2 Å². The number of carbonyl (C=O) groups is 1. The number of guanidine groups is 1. The lowest BCUT2D eigenvalue weighted by Gasteiger charge is -2.26. The Morgan fingerprint density at radius 2 is 2.03 bits per heavy atom. The number of hydrogen-bond acceptors (Lipinski definition) is 2. The van der Waals surface area contributed by atoms with E-state index in [9.17, 15) is 9.18 Å². The van der Waals surface area contributed by atoms with E-state index in [2.05, 4.69) is 15.6 Å². The Morgan fingerprint density at radius 1 is 1.24 bits per heavy atom. The Balaban J connectivity index is 1.27. The first-order valence-corrected chi connectivity index (χ1v) is 11.1. The number of aliphatic imine (C=N–C) groups is 1. The zero-order chi connectivity index (χ0) is 20.3. The minimum atomic E-state index is -0.176. The second-order valence-electron chi connectivity index (χ2n) is 8.97. The summed E-state index contributed by atoms with van der Waals surface area (Å²) in [7, 11) is 1.77. The van der Waals surface area contributed by atoms with Crippen LogP contribution >= 0.6 is 0 Å². The Bertz CT molecular complexity index is 755. The molecule has 3 fully saturated rings. The van der Waals surface area contributed by atoms with Gasteiger partial charge in [0, 0.05) is 44.1 Å². The Labute approximate surface area is 173 Å². The van der Waals surface area contributed by atoms with Gasteiger partial charge in [-0.1, -0.05) is 31.4 Å². The van der Waals surface area contributed by atoms with E-state index in [1.165, 1.54) is 25.3 Å². The van der Waals surface area contributed by atoms with Crippen molar-refractivity contribution >= 4 is 11.9 Å². The summed E-state index contributed by atoms with van der Waals surface area (Å²) >= 11 is 0. The fourth-order valence-corrected chi connectivity index (χ4v) is 4.86. The molecule has 0 spiro atoms. The number of nitrogens with one attached hydrogen (secondary N) is 2. The first-order valence-electron chi connectivity index (χ1n) is 11.1. The van der Waals surface area contributed by atoms with Crippen LogP contribution in [0.5, 0.6) is 0 Å². The van der Waals surface area contributed by atoms with Crippen molar-refractivity contribution in [2.75, 3.05) is 26.7 Å². The molecule has 0 radical (unpaired) electrons. The molecule has 2 aliphatic carbocycles. The van der Waals surface area contributed by atoms with Crippen LogP contribution < -0.4 is 10.6 Å². The normalized spacial score (nSPS) is 24.4. The van der Waals surface area contributed by atoms with Gasteiger partial charge in [-0.2, -0.15) is 0 Å². The number of hydrogen-bond donors (Lipinski definition) is 2. The number of carbonyl (C=O) groups excluding carboxylic acids is 1. The van der Waals surface area contributed by atoms with Gasteiger partial charge in [0.25, 0.3) is 0 Å². The van der Waals surface area contributed by atoms with E-state index in [4.69, 9.17) is 0 Å². The zero-order valence-corrected chi connectivity index (χ0v) is 17.4. The van der Waals surface area contributed by atoms with Crippen LogP contribution in [0, 0.1) is 11.7 Å². The number of rotatable bonds is 5. The van der Waals surface area contributed by atoms with Crippen molar-refractivity contribution in [3.8, 4) is 0 Å². The van der Waals surface area contributed by atoms with Gasteiger partial charge in [-0.3, -0.25) is 9.79 Å². The molecule has 1 aromatic rings. The maximum atomic E-state index is 13.6. The van der Waals surface area contributed by atoms with Gasteiger partial charge in [0.15, 0.2) is 5.96 Å². The first-order chi connectivity index (χ1) is 14.1. The summed E-state index contributed by atoms with van der Waals surface area (Å²) in [5, 5.41) is 6.92. The number of nitrogens with zero attached hydrogens (tertiary/aromatic N) is 2. The van der Waals surface area contributed by atoms with E-state index in [0.717, 1.165) is 63.3 Å². The lowest BCUT2D eigenvalue weighted by atomic mass is 9.88. The molecule has 0 bridgehead atoms. The molecule has 3 aliphatic rings. The SMILES string of the molecule is CN=C(NCC1(c2cccc(F)c2)CC1)NC1CCN(C(=O)C2CCCCC2)C1. The number of benzene rings is 1. The van der Waals surface area contributed by atoms with Crippen LogP contribution in [0.1, 0.15) is 56.9 Å². The number of likely N-dealkylation sites (tertiary alicyclic amines) is 1. The van der Waals surface area contributed by atoms with E-state index in [1.54, 1.807) is 19.2 Å². The summed E-state index contributed by atoms with van der Waals surface area (Å²) in [4.78, 5) is 19.2. The molecule has 1 heterocycles. The van der Waals surface area contributed by atoms with Gasteiger partial charge in [-0.25, -0.2) is 4.39 Å². The van der Waals surface area contributed by atoms with Crippen molar-refractivity contribution in [3.63, 3.8) is 0 Å². The Kier molecular flexibility index (Phi) is 6.07. The third kappa shape index (κ3) is 4.73. The molecule has 1 aromatic carbocycles. The predicted molar refractivity (Wildman–Crippen MR) is 113 cm³/mol. The van der Waals surface area contributed by atoms with Gasteiger partial charge in [0.05, 0.1) is 0 Å². The first kappa shape index (κ1) is 20.2. The summed E-state index contributed by atoms with van der Waals surface area (Å²) in [5.74, 6) is 1.18. The zero-order valence-electron chi connectivity index (χ0n) is 17.4. The van der Waals surface area contributed by atoms with Gasteiger partial charge in [-0.05, 0) is 49.8 Å². The predicted octanol–water partition coefficient (Wildman–Crippen LogP) is 3.20. The smallest absolute Gasteiger partial charge is 0.225 e. The van der Waals surface area contributed by atoms with E-state index < -0.39 is 0 Å². The van der Waals surface area contributed by atoms with Crippen molar-refractivity contribution in [1.29, 1.82) is 0 Å². The third-order valence-corrected chi connectivity index (χ3v) is 6.90. The second kappa shape index (κ2) is 8.72. The summed E-state index contributed by atoms with van der Waals surface area (Å²) < 4.78 is 13.6. The Hall–Kier alpha value is -2.11. The molecule has 1 aliphatic heterocycles. The standard InChI is InChI=1S/C23H33FN4O/c1-25-22(26-16-23(11-12-23)18-8-5-9-19(24)14-18)27-20-10-13-28(15-20)21(29)17-6-3-2-4-7-17/h5,8-9,14,17,20H,2-4,6-7,10-13,15-16H2,1H3,(H2,25,26,27). The van der Waals surface area contributed by atoms with Crippen molar-refractivity contribution in [2.45, 2.75) is 62.8 Å². The topological polar surface area (TPSA) is 56.7 Å². The van der Waals surface area contributed by atoms with Gasteiger partial charge in [0.1, 0.15) is 5.82 Å². The van der Waals surface area contributed by atoms with E-state index >= 15 is 0 Å². The fourth-order valence-electron chi connectivity index (χ4n) is 4.86. The van der Waals surface area contributed by atoms with E-state index in [1.807, 2.05) is 11.0 Å². The van der Waals surface area contributed by atoms with Crippen molar-refractivity contribution < 1.29 is 9.18 Å². The molecular weight excluding hydrogens is 367 g/mol. The molecule has 2 N–H and O–H groups in total. The molecule has 1 unspecified atom stereocenters. The van der Waals surface area contributed by atoms with Crippen LogP contribution in [0.4, 0.5) is 4.39 Å². The molecule has 6 heteroatoms. The molecule has 5 nitrogen and oxygen atoms in total. The van der Waals surface area contributed by atoms with Crippen molar-refractivity contribution in [2.24, 2.45) is 10.9 Å². The van der Waals surface area contributed by atoms with Crippen LogP contribution in [0.3, 0.4) is 0 Å². The van der Waals surface area contributed by atoms with Crippen LogP contribution in [0.15, 0.2) is 29.3 Å². The van der Waals surface area contributed by atoms with Crippen molar-refractivity contribution in [1.82, 2.24) is 15.5 Å². The lowest BCUT2D eigenvalue weighted by molar-refractivity contribution is -0.135. The number of halogens is 1. The van der Waals surface area contributed by atoms with Crippen molar-refractivity contribution in [3.05, 3.63) is 35.6 Å². The highest BCUT2D eigenvalue weighted by Gasteiger charge is 2.44. The minimum Gasteiger partial charge on any atom is -0.356 e. The van der Waals surface area contributed by atoms with Crippen LogP contribution in [0.2, 0.25) is 0 Å². The molecule has 1 atom stereocenters. The van der Waals surface area contributed by atoms with Crippen LogP contribution in [-0.4, -0.2) is 49.5 Å². The fraction of sp³-hybridized carbons (Fsp3) is 0.652. The highest BCUT2D eigenvalue weighted by atomic mass is 19.1. The molecule has 29 heavy (non-hydrogen) atoms. The molecular formula is C23H33FN4O. The summed E-state index contributed by atoms with van der Waals surface area (Å²) in [6, 6.07) is 7.18. The summed E-state index contributed by atoms with van der Waals surface area (Å²) in [6.07, 6.45) is 8.84. The second-order valence-corrected chi connectivity index (χ2v) is 8.97. The summed E-state index contributed by atoms with van der Waals surface area (Å²) in [6.45, 7) is 2.33. The van der Waals surface area contributed by atoms with Gasteiger partial charge >= 0.3 is 0 Å². The monoisotopic (exact) mass is 400 g/mol. The van der Waals surface area contributed by atoms with Crippen LogP contribution in [-0.2, 0) is 10.2 Å². The van der Waals surface area contributed by atoms with Gasteiger partial charge < -0.3 is 15.5 Å². The highest BCUT2D eigenvalue weighted by Crippen LogP contribution is 2.47. The number of amides is 1. The largest absolute Gasteiger partial charge is 0.356 e. The van der Waals surface area contributed by atoms with Crippen LogP contribution in [0.25, 0.3) is 0 Å².